The van der Waals surface area contributed by atoms with Gasteiger partial charge in [0.2, 0.25) is 0 Å². The minimum Gasteiger partial charge on any atom is -0.481 e. The highest BCUT2D eigenvalue weighted by molar-refractivity contribution is 5.66. The number of hydrogen-bond donors (Lipinski definition) is 1. The number of ether oxygens (including phenoxy) is 1. The van der Waals surface area contributed by atoms with E-state index in [-0.39, 0.29) is 12.5 Å². The highest BCUT2D eigenvalue weighted by Gasteiger charge is 2.20. The van der Waals surface area contributed by atoms with E-state index in [1.807, 2.05) is 0 Å². The van der Waals surface area contributed by atoms with Crippen LogP contribution in [0.3, 0.4) is 0 Å². The lowest BCUT2D eigenvalue weighted by molar-refractivity contribution is -0.138. The molecule has 0 aromatic carbocycles. The van der Waals surface area contributed by atoms with Gasteiger partial charge in [-0.05, 0) is 58.3 Å². The Labute approximate surface area is 121 Å². The summed E-state index contributed by atoms with van der Waals surface area (Å²) in [4.78, 5) is 15.5. The Morgan fingerprint density at radius 2 is 1.65 bits per heavy atom. The lowest BCUT2D eigenvalue weighted by atomic mass is 10.1. The number of aliphatic carboxylic acids is 1. The molecule has 2 aliphatic rings. The summed E-state index contributed by atoms with van der Waals surface area (Å²) in [5, 5.41) is 8.58. The van der Waals surface area contributed by atoms with Gasteiger partial charge in [0.05, 0.1) is 19.1 Å². The average Bonchev–Trinajstić information content (AvgIpc) is 2.93. The second-order valence-electron chi connectivity index (χ2n) is 5.96. The van der Waals surface area contributed by atoms with E-state index in [1.54, 1.807) is 0 Å². The minimum atomic E-state index is -0.774. The standard InChI is InChI=1S/C15H28N2O3/c18-15(19)6-13-20-14-4-11-17(12-5-14)10-3-9-16-7-1-2-8-16/h14H,1-13H2,(H,18,19). The molecule has 0 bridgehead atoms. The summed E-state index contributed by atoms with van der Waals surface area (Å²) >= 11 is 0. The van der Waals surface area contributed by atoms with Gasteiger partial charge in [-0.15, -0.1) is 0 Å². The van der Waals surface area contributed by atoms with Crippen molar-refractivity contribution in [2.24, 2.45) is 0 Å². The number of carboxylic acids is 1. The monoisotopic (exact) mass is 284 g/mol. The van der Waals surface area contributed by atoms with E-state index in [2.05, 4.69) is 9.80 Å². The van der Waals surface area contributed by atoms with E-state index >= 15 is 0 Å². The van der Waals surface area contributed by atoms with Crippen LogP contribution < -0.4 is 0 Å². The summed E-state index contributed by atoms with van der Waals surface area (Å²) in [6, 6.07) is 0. The van der Waals surface area contributed by atoms with Crippen molar-refractivity contribution in [1.29, 1.82) is 0 Å². The van der Waals surface area contributed by atoms with Crippen LogP contribution in [-0.2, 0) is 9.53 Å². The lowest BCUT2D eigenvalue weighted by Gasteiger charge is -2.32. The van der Waals surface area contributed by atoms with Crippen molar-refractivity contribution in [3.63, 3.8) is 0 Å². The molecule has 0 saturated carbocycles. The largest absolute Gasteiger partial charge is 0.481 e. The number of hydrogen-bond acceptors (Lipinski definition) is 4. The van der Waals surface area contributed by atoms with Crippen LogP contribution in [0.2, 0.25) is 0 Å². The van der Waals surface area contributed by atoms with Crippen LogP contribution in [0.15, 0.2) is 0 Å². The molecule has 0 spiro atoms. The molecular weight excluding hydrogens is 256 g/mol. The fourth-order valence-electron chi connectivity index (χ4n) is 3.14. The van der Waals surface area contributed by atoms with Gasteiger partial charge >= 0.3 is 5.97 Å². The molecule has 0 amide bonds. The highest BCUT2D eigenvalue weighted by Crippen LogP contribution is 2.15. The van der Waals surface area contributed by atoms with Crippen LogP contribution >= 0.6 is 0 Å². The predicted molar refractivity (Wildman–Crippen MR) is 78.0 cm³/mol. The number of rotatable bonds is 8. The van der Waals surface area contributed by atoms with Crippen molar-refractivity contribution in [3.05, 3.63) is 0 Å². The molecule has 0 aromatic rings. The first-order valence-corrected chi connectivity index (χ1v) is 8.02. The Balaban J connectivity index is 1.49. The van der Waals surface area contributed by atoms with Crippen LogP contribution in [0, 0.1) is 0 Å². The highest BCUT2D eigenvalue weighted by atomic mass is 16.5. The van der Waals surface area contributed by atoms with Crippen molar-refractivity contribution < 1.29 is 14.6 Å². The summed E-state index contributed by atoms with van der Waals surface area (Å²) in [5.41, 5.74) is 0. The molecule has 0 atom stereocenters. The summed E-state index contributed by atoms with van der Waals surface area (Å²) < 4.78 is 5.61. The summed E-state index contributed by atoms with van der Waals surface area (Å²) in [6.45, 7) is 7.57. The summed E-state index contributed by atoms with van der Waals surface area (Å²) in [5.74, 6) is -0.774. The van der Waals surface area contributed by atoms with E-state index in [4.69, 9.17) is 9.84 Å². The van der Waals surface area contributed by atoms with Gasteiger partial charge in [-0.25, -0.2) is 0 Å². The van der Waals surface area contributed by atoms with E-state index in [0.717, 1.165) is 25.9 Å². The van der Waals surface area contributed by atoms with Gasteiger partial charge in [0.15, 0.2) is 0 Å². The Morgan fingerprint density at radius 1 is 1.05 bits per heavy atom. The second-order valence-corrected chi connectivity index (χ2v) is 5.96. The molecule has 0 aliphatic carbocycles. The smallest absolute Gasteiger partial charge is 0.305 e. The molecule has 116 valence electrons. The van der Waals surface area contributed by atoms with Crippen molar-refractivity contribution in [3.8, 4) is 0 Å². The number of nitrogens with zero attached hydrogens (tertiary/aromatic N) is 2. The molecule has 2 aliphatic heterocycles. The van der Waals surface area contributed by atoms with E-state index in [1.165, 1.54) is 45.4 Å². The first-order valence-electron chi connectivity index (χ1n) is 8.02. The lowest BCUT2D eigenvalue weighted by Crippen LogP contribution is -2.38. The SMILES string of the molecule is O=C(O)CCOC1CCN(CCCN2CCCC2)CC1. The van der Waals surface area contributed by atoms with Gasteiger partial charge in [-0.2, -0.15) is 0 Å². The molecule has 2 saturated heterocycles. The maximum atomic E-state index is 10.4. The quantitative estimate of drug-likeness (QED) is 0.731. The number of piperidine rings is 1. The van der Waals surface area contributed by atoms with Crippen LogP contribution in [-0.4, -0.2) is 72.9 Å². The Bertz CT molecular complexity index is 285. The van der Waals surface area contributed by atoms with Crippen LogP contribution in [0.1, 0.15) is 38.5 Å². The molecular formula is C15H28N2O3. The molecule has 2 heterocycles. The normalized spacial score (nSPS) is 22.4. The Morgan fingerprint density at radius 3 is 2.25 bits per heavy atom. The van der Waals surface area contributed by atoms with Gasteiger partial charge in [-0.3, -0.25) is 4.79 Å². The van der Waals surface area contributed by atoms with E-state index in [9.17, 15) is 4.79 Å². The number of carbonyl (C=O) groups is 1. The number of likely N-dealkylation sites (tertiary alicyclic amines) is 2. The van der Waals surface area contributed by atoms with Gasteiger partial charge in [-0.1, -0.05) is 0 Å². The van der Waals surface area contributed by atoms with Crippen LogP contribution in [0.4, 0.5) is 0 Å². The summed E-state index contributed by atoms with van der Waals surface area (Å²) in [6.07, 6.45) is 6.50. The van der Waals surface area contributed by atoms with Crippen molar-refractivity contribution in [2.75, 3.05) is 45.9 Å². The zero-order chi connectivity index (χ0) is 14.2. The fourth-order valence-corrected chi connectivity index (χ4v) is 3.14. The third kappa shape index (κ3) is 5.77. The van der Waals surface area contributed by atoms with Gasteiger partial charge in [0, 0.05) is 13.1 Å². The molecule has 5 nitrogen and oxygen atoms in total. The third-order valence-electron chi connectivity index (χ3n) is 4.35. The zero-order valence-electron chi connectivity index (χ0n) is 12.4. The molecule has 0 unspecified atom stereocenters. The minimum absolute atomic E-state index is 0.121. The molecule has 0 aromatic heterocycles. The average molecular weight is 284 g/mol. The Kier molecular flexibility index (Phi) is 6.76. The van der Waals surface area contributed by atoms with E-state index < -0.39 is 5.97 Å². The first kappa shape index (κ1) is 15.7. The molecule has 0 radical (unpaired) electrons. The third-order valence-corrected chi connectivity index (χ3v) is 4.35. The van der Waals surface area contributed by atoms with Crippen molar-refractivity contribution in [2.45, 2.75) is 44.6 Å². The topological polar surface area (TPSA) is 53.0 Å². The van der Waals surface area contributed by atoms with Crippen molar-refractivity contribution >= 4 is 5.97 Å². The zero-order valence-corrected chi connectivity index (χ0v) is 12.4. The maximum Gasteiger partial charge on any atom is 0.305 e. The molecule has 2 rings (SSSR count). The first-order chi connectivity index (χ1) is 9.74. The Hall–Kier alpha value is -0.650. The van der Waals surface area contributed by atoms with Gasteiger partial charge in [0.25, 0.3) is 0 Å². The summed E-state index contributed by atoms with van der Waals surface area (Å²) in [7, 11) is 0. The number of carboxylic acid groups (broad SMARTS) is 1. The van der Waals surface area contributed by atoms with Crippen LogP contribution in [0.25, 0.3) is 0 Å². The van der Waals surface area contributed by atoms with Gasteiger partial charge < -0.3 is 19.6 Å². The van der Waals surface area contributed by atoms with Gasteiger partial charge in [0.1, 0.15) is 0 Å². The molecule has 5 heteroatoms. The predicted octanol–water partition coefficient (Wildman–Crippen LogP) is 1.43. The molecule has 2 fully saturated rings. The fraction of sp³-hybridized carbons (Fsp3) is 0.933. The molecule has 1 N–H and O–H groups in total. The maximum absolute atomic E-state index is 10.4. The second kappa shape index (κ2) is 8.60. The van der Waals surface area contributed by atoms with Crippen molar-refractivity contribution in [1.82, 2.24) is 9.80 Å². The van der Waals surface area contributed by atoms with E-state index in [0.29, 0.717) is 6.61 Å². The molecule has 20 heavy (non-hydrogen) atoms. The van der Waals surface area contributed by atoms with Crippen LogP contribution in [0.5, 0.6) is 0 Å².